The summed E-state index contributed by atoms with van der Waals surface area (Å²) in [5.74, 6) is -1.43. The quantitative estimate of drug-likeness (QED) is 0.516. The Balaban J connectivity index is 0.00000144. The van der Waals surface area contributed by atoms with Crippen LogP contribution in [0.25, 0.3) is 0 Å². The number of aliphatic hydroxyl groups is 1. The summed E-state index contributed by atoms with van der Waals surface area (Å²) in [6.45, 7) is 0. The van der Waals surface area contributed by atoms with Crippen LogP contribution in [-0.2, 0) is 11.2 Å². The van der Waals surface area contributed by atoms with Gasteiger partial charge in [0.1, 0.15) is 0 Å². The minimum atomic E-state index is -1.43. The number of aliphatic hydroxyl groups excluding tert-OH is 1. The van der Waals surface area contributed by atoms with Crippen LogP contribution < -0.4 is 56.5 Å². The van der Waals surface area contributed by atoms with Crippen LogP contribution in [0.2, 0.25) is 0 Å². The van der Waals surface area contributed by atoms with Crippen LogP contribution in [-0.4, -0.2) is 17.2 Å². The van der Waals surface area contributed by atoms with E-state index in [-0.39, 0.29) is 57.8 Å². The van der Waals surface area contributed by atoms with Gasteiger partial charge in [-0.1, -0.05) is 30.3 Å². The Morgan fingerprint density at radius 3 is 2.38 bits per heavy atom. The number of carboxylic acid groups (broad SMARTS) is 1. The van der Waals surface area contributed by atoms with E-state index in [1.54, 1.807) is 24.3 Å². The summed E-state index contributed by atoms with van der Waals surface area (Å²) in [5, 5.41) is 19.1. The van der Waals surface area contributed by atoms with E-state index < -0.39 is 12.1 Å². The molecule has 0 bridgehead atoms. The Labute approximate surface area is 119 Å². The molecule has 0 amide bonds. The molecule has 0 heterocycles. The summed E-state index contributed by atoms with van der Waals surface area (Å²) >= 11 is 0. The van der Waals surface area contributed by atoms with Crippen molar-refractivity contribution in [2.45, 2.75) is 12.5 Å². The SMILES string of the molecule is O=C([O-])[C@@H](O)Cc1ccccc1.[K+]. The van der Waals surface area contributed by atoms with Crippen molar-refractivity contribution < 1.29 is 66.4 Å². The van der Waals surface area contributed by atoms with Crippen molar-refractivity contribution >= 4 is 5.97 Å². The fourth-order valence-corrected chi connectivity index (χ4v) is 0.921. The predicted molar refractivity (Wildman–Crippen MR) is 41.2 cm³/mol. The van der Waals surface area contributed by atoms with E-state index in [4.69, 9.17) is 5.11 Å². The van der Waals surface area contributed by atoms with Crippen LogP contribution in [0.4, 0.5) is 0 Å². The molecular weight excluding hydrogens is 195 g/mol. The molecule has 1 atom stereocenters. The molecule has 0 unspecified atom stereocenters. The summed E-state index contributed by atoms with van der Waals surface area (Å²) in [4.78, 5) is 10.1. The van der Waals surface area contributed by atoms with Gasteiger partial charge in [-0.3, -0.25) is 0 Å². The zero-order chi connectivity index (χ0) is 8.97. The van der Waals surface area contributed by atoms with Gasteiger partial charge in [0, 0.05) is 6.42 Å². The molecule has 0 aliphatic carbocycles. The average Bonchev–Trinajstić information content (AvgIpc) is 2.06. The molecule has 1 N–H and O–H groups in total. The number of hydrogen-bond donors (Lipinski definition) is 1. The van der Waals surface area contributed by atoms with E-state index in [9.17, 15) is 9.90 Å². The van der Waals surface area contributed by atoms with E-state index >= 15 is 0 Å². The maximum absolute atomic E-state index is 10.1. The molecule has 0 aliphatic heterocycles. The van der Waals surface area contributed by atoms with Gasteiger partial charge in [-0.2, -0.15) is 0 Å². The Kier molecular flexibility index (Phi) is 6.85. The van der Waals surface area contributed by atoms with Crippen molar-refractivity contribution in [1.29, 1.82) is 0 Å². The van der Waals surface area contributed by atoms with E-state index in [0.29, 0.717) is 0 Å². The van der Waals surface area contributed by atoms with Crippen molar-refractivity contribution in [2.75, 3.05) is 0 Å². The normalized spacial score (nSPS) is 11.5. The second kappa shape index (κ2) is 6.70. The van der Waals surface area contributed by atoms with Crippen molar-refractivity contribution in [3.63, 3.8) is 0 Å². The number of aliphatic carboxylic acids is 1. The van der Waals surface area contributed by atoms with Crippen molar-refractivity contribution in [3.05, 3.63) is 35.9 Å². The Morgan fingerprint density at radius 2 is 1.92 bits per heavy atom. The summed E-state index contributed by atoms with van der Waals surface area (Å²) < 4.78 is 0. The van der Waals surface area contributed by atoms with E-state index in [1.165, 1.54) is 0 Å². The standard InChI is InChI=1S/C9H10O3.K/c10-8(9(11)12)6-7-4-2-1-3-5-7;/h1-5,8,10H,6H2,(H,11,12);/q;+1/p-1/t8-;/m0./s1. The maximum atomic E-state index is 10.1. The Hall–Kier alpha value is 0.286. The van der Waals surface area contributed by atoms with Crippen LogP contribution in [0.15, 0.2) is 30.3 Å². The van der Waals surface area contributed by atoms with Crippen molar-refractivity contribution in [1.82, 2.24) is 0 Å². The van der Waals surface area contributed by atoms with Crippen molar-refractivity contribution in [3.8, 4) is 0 Å². The third-order valence-corrected chi connectivity index (χ3v) is 1.54. The first-order valence-corrected chi connectivity index (χ1v) is 3.63. The topological polar surface area (TPSA) is 60.4 Å². The molecule has 64 valence electrons. The van der Waals surface area contributed by atoms with Gasteiger partial charge in [0.15, 0.2) is 0 Å². The molecule has 0 spiro atoms. The van der Waals surface area contributed by atoms with Gasteiger partial charge < -0.3 is 15.0 Å². The van der Waals surface area contributed by atoms with Crippen LogP contribution in [0, 0.1) is 0 Å². The van der Waals surface area contributed by atoms with Crippen molar-refractivity contribution in [2.24, 2.45) is 0 Å². The fraction of sp³-hybridized carbons (Fsp3) is 0.222. The van der Waals surface area contributed by atoms with Gasteiger partial charge in [-0.15, -0.1) is 0 Å². The summed E-state index contributed by atoms with van der Waals surface area (Å²) in [6.07, 6.45) is -1.31. The van der Waals surface area contributed by atoms with Crippen LogP contribution >= 0.6 is 0 Å². The zero-order valence-corrected chi connectivity index (χ0v) is 10.6. The average molecular weight is 204 g/mol. The Bertz CT molecular complexity index is 261. The number of rotatable bonds is 3. The van der Waals surface area contributed by atoms with E-state index in [0.717, 1.165) is 5.56 Å². The number of hydrogen-bond acceptors (Lipinski definition) is 3. The van der Waals surface area contributed by atoms with Gasteiger partial charge >= 0.3 is 51.4 Å². The monoisotopic (exact) mass is 204 g/mol. The van der Waals surface area contributed by atoms with E-state index in [2.05, 4.69) is 0 Å². The molecule has 1 aromatic carbocycles. The van der Waals surface area contributed by atoms with Gasteiger partial charge in [-0.05, 0) is 5.56 Å². The van der Waals surface area contributed by atoms with Crippen LogP contribution in [0.3, 0.4) is 0 Å². The molecule has 4 heteroatoms. The molecule has 0 saturated carbocycles. The molecule has 0 radical (unpaired) electrons. The molecule has 3 nitrogen and oxygen atoms in total. The zero-order valence-electron chi connectivity index (χ0n) is 7.43. The molecule has 0 saturated heterocycles. The molecule has 1 aromatic rings. The largest absolute Gasteiger partial charge is 1.00 e. The minimum Gasteiger partial charge on any atom is -0.547 e. The third-order valence-electron chi connectivity index (χ3n) is 1.54. The van der Waals surface area contributed by atoms with Gasteiger partial charge in [0.05, 0.1) is 12.1 Å². The molecular formula is C9H9KO3. The van der Waals surface area contributed by atoms with Crippen LogP contribution in [0.5, 0.6) is 0 Å². The first kappa shape index (κ1) is 13.3. The second-order valence-corrected chi connectivity index (χ2v) is 2.52. The number of carboxylic acids is 1. The predicted octanol–water partition coefficient (Wildman–Crippen LogP) is -3.66. The third kappa shape index (κ3) is 4.90. The number of benzene rings is 1. The number of carbonyl (C=O) groups excluding carboxylic acids is 1. The smallest absolute Gasteiger partial charge is 0.547 e. The van der Waals surface area contributed by atoms with Gasteiger partial charge in [0.25, 0.3) is 0 Å². The molecule has 0 aliphatic rings. The second-order valence-electron chi connectivity index (χ2n) is 2.52. The molecule has 13 heavy (non-hydrogen) atoms. The first-order valence-electron chi connectivity index (χ1n) is 3.63. The molecule has 1 rings (SSSR count). The molecule has 0 fully saturated rings. The van der Waals surface area contributed by atoms with Gasteiger partial charge in [0.2, 0.25) is 0 Å². The van der Waals surface area contributed by atoms with E-state index in [1.807, 2.05) is 6.07 Å². The summed E-state index contributed by atoms with van der Waals surface area (Å²) in [6, 6.07) is 8.92. The first-order chi connectivity index (χ1) is 5.70. The maximum Gasteiger partial charge on any atom is 1.00 e. The number of carbonyl (C=O) groups is 1. The fourth-order valence-electron chi connectivity index (χ4n) is 0.921. The minimum absolute atomic E-state index is 0. The summed E-state index contributed by atoms with van der Waals surface area (Å²) in [7, 11) is 0. The summed E-state index contributed by atoms with van der Waals surface area (Å²) in [5.41, 5.74) is 0.786. The molecule has 0 aromatic heterocycles. The van der Waals surface area contributed by atoms with Crippen LogP contribution in [0.1, 0.15) is 5.56 Å². The Morgan fingerprint density at radius 1 is 1.38 bits per heavy atom. The van der Waals surface area contributed by atoms with Gasteiger partial charge in [-0.25, -0.2) is 0 Å².